The summed E-state index contributed by atoms with van der Waals surface area (Å²) in [6.45, 7) is 6.22. The van der Waals surface area contributed by atoms with Gasteiger partial charge in [-0.3, -0.25) is 5.43 Å². The molecule has 23 heavy (non-hydrogen) atoms. The number of benzene rings is 2. The number of thiazole rings is 1. The summed E-state index contributed by atoms with van der Waals surface area (Å²) >= 11 is 1.55. The molecule has 0 atom stereocenters. The largest absolute Gasteiger partial charge is 0.253 e. The first-order valence-electron chi connectivity index (χ1n) is 7.50. The highest BCUT2D eigenvalue weighted by Crippen LogP contribution is 2.23. The molecule has 4 heteroatoms. The molecule has 2 aromatic carbocycles. The van der Waals surface area contributed by atoms with Crippen molar-refractivity contribution in [2.75, 3.05) is 5.43 Å². The van der Waals surface area contributed by atoms with Gasteiger partial charge in [-0.2, -0.15) is 5.10 Å². The normalized spacial score (nSPS) is 11.1. The molecule has 1 aromatic heterocycles. The van der Waals surface area contributed by atoms with E-state index in [0.717, 1.165) is 16.4 Å². The zero-order valence-electron chi connectivity index (χ0n) is 13.5. The van der Waals surface area contributed by atoms with Crippen LogP contribution in [0.2, 0.25) is 0 Å². The second-order valence-corrected chi connectivity index (χ2v) is 6.52. The summed E-state index contributed by atoms with van der Waals surface area (Å²) < 4.78 is 0. The summed E-state index contributed by atoms with van der Waals surface area (Å²) in [7, 11) is 0. The van der Waals surface area contributed by atoms with E-state index in [1.165, 1.54) is 22.3 Å². The lowest BCUT2D eigenvalue weighted by molar-refractivity contribution is 1.22. The van der Waals surface area contributed by atoms with Crippen LogP contribution in [0.4, 0.5) is 5.13 Å². The quantitative estimate of drug-likeness (QED) is 0.531. The van der Waals surface area contributed by atoms with E-state index >= 15 is 0 Å². The van der Waals surface area contributed by atoms with Crippen molar-refractivity contribution < 1.29 is 0 Å². The summed E-state index contributed by atoms with van der Waals surface area (Å²) in [6.07, 6.45) is 1.82. The standard InChI is InChI=1S/C19H19N3S/c1-13-7-14(2)9-18(8-13)17-6-4-5-16(10-17)11-20-22-19-21-15(3)12-23-19/h4-12H,1-3H3,(H,21,22). The van der Waals surface area contributed by atoms with Crippen molar-refractivity contribution in [2.45, 2.75) is 20.8 Å². The van der Waals surface area contributed by atoms with Crippen molar-refractivity contribution in [2.24, 2.45) is 5.10 Å². The highest BCUT2D eigenvalue weighted by molar-refractivity contribution is 7.13. The number of hydrazone groups is 1. The van der Waals surface area contributed by atoms with Crippen LogP contribution in [0.15, 0.2) is 52.9 Å². The maximum atomic E-state index is 4.32. The lowest BCUT2D eigenvalue weighted by Gasteiger charge is -2.06. The van der Waals surface area contributed by atoms with Gasteiger partial charge in [-0.25, -0.2) is 4.98 Å². The molecule has 0 bridgehead atoms. The van der Waals surface area contributed by atoms with E-state index in [1.54, 1.807) is 11.3 Å². The number of anilines is 1. The molecule has 0 spiro atoms. The Morgan fingerprint density at radius 1 is 1.00 bits per heavy atom. The van der Waals surface area contributed by atoms with Gasteiger partial charge in [0.25, 0.3) is 0 Å². The molecule has 3 rings (SSSR count). The fourth-order valence-electron chi connectivity index (χ4n) is 2.51. The van der Waals surface area contributed by atoms with Crippen LogP contribution >= 0.6 is 11.3 Å². The van der Waals surface area contributed by atoms with Gasteiger partial charge in [-0.05, 0) is 43.5 Å². The first kappa shape index (κ1) is 15.4. The third-order valence-electron chi connectivity index (χ3n) is 3.43. The molecule has 3 aromatic rings. The molecule has 0 aliphatic heterocycles. The second kappa shape index (κ2) is 6.75. The Kier molecular flexibility index (Phi) is 4.53. The Morgan fingerprint density at radius 2 is 1.78 bits per heavy atom. The molecule has 0 aliphatic carbocycles. The Morgan fingerprint density at radius 3 is 2.48 bits per heavy atom. The first-order valence-corrected chi connectivity index (χ1v) is 8.38. The van der Waals surface area contributed by atoms with E-state index in [0.29, 0.717) is 0 Å². The van der Waals surface area contributed by atoms with Crippen LogP contribution < -0.4 is 5.43 Å². The zero-order chi connectivity index (χ0) is 16.2. The number of nitrogens with zero attached hydrogens (tertiary/aromatic N) is 2. The van der Waals surface area contributed by atoms with E-state index in [1.807, 2.05) is 24.6 Å². The van der Waals surface area contributed by atoms with Crippen molar-refractivity contribution in [1.82, 2.24) is 4.98 Å². The third-order valence-corrected chi connectivity index (χ3v) is 4.30. The van der Waals surface area contributed by atoms with Crippen molar-refractivity contribution >= 4 is 22.7 Å². The third kappa shape index (κ3) is 4.05. The topological polar surface area (TPSA) is 37.3 Å². The molecule has 1 N–H and O–H groups in total. The summed E-state index contributed by atoms with van der Waals surface area (Å²) in [6, 6.07) is 15.0. The van der Waals surface area contributed by atoms with Gasteiger partial charge < -0.3 is 0 Å². The molecule has 3 nitrogen and oxygen atoms in total. The maximum Gasteiger partial charge on any atom is 0.203 e. The Balaban J connectivity index is 1.79. The van der Waals surface area contributed by atoms with Gasteiger partial charge in [-0.1, -0.05) is 47.5 Å². The minimum absolute atomic E-state index is 0.809. The Labute approximate surface area is 140 Å². The average molecular weight is 321 g/mol. The fourth-order valence-corrected chi connectivity index (χ4v) is 3.14. The van der Waals surface area contributed by atoms with E-state index in [2.05, 4.69) is 65.8 Å². The number of aryl methyl sites for hydroxylation is 3. The smallest absolute Gasteiger partial charge is 0.203 e. The van der Waals surface area contributed by atoms with Crippen molar-refractivity contribution in [1.29, 1.82) is 0 Å². The Hall–Kier alpha value is -2.46. The lowest BCUT2D eigenvalue weighted by Crippen LogP contribution is -1.91. The molecule has 1 heterocycles. The van der Waals surface area contributed by atoms with E-state index in [9.17, 15) is 0 Å². The average Bonchev–Trinajstić information content (AvgIpc) is 2.92. The van der Waals surface area contributed by atoms with Gasteiger partial charge in [0.15, 0.2) is 0 Å². The lowest BCUT2D eigenvalue weighted by atomic mass is 9.99. The number of hydrogen-bond donors (Lipinski definition) is 1. The van der Waals surface area contributed by atoms with Crippen LogP contribution in [0.3, 0.4) is 0 Å². The van der Waals surface area contributed by atoms with Gasteiger partial charge in [0.1, 0.15) is 0 Å². The molecular weight excluding hydrogens is 302 g/mol. The van der Waals surface area contributed by atoms with E-state index < -0.39 is 0 Å². The number of aromatic nitrogens is 1. The highest BCUT2D eigenvalue weighted by atomic mass is 32.1. The molecule has 0 saturated carbocycles. The number of nitrogens with one attached hydrogen (secondary N) is 1. The molecule has 0 amide bonds. The van der Waals surface area contributed by atoms with Crippen LogP contribution in [0.5, 0.6) is 0 Å². The van der Waals surface area contributed by atoms with Crippen molar-refractivity contribution in [3.05, 3.63) is 70.2 Å². The molecule has 0 fully saturated rings. The summed E-state index contributed by atoms with van der Waals surface area (Å²) in [4.78, 5) is 4.32. The number of hydrogen-bond acceptors (Lipinski definition) is 4. The van der Waals surface area contributed by atoms with Crippen LogP contribution in [0.25, 0.3) is 11.1 Å². The molecule has 0 unspecified atom stereocenters. The maximum absolute atomic E-state index is 4.32. The minimum Gasteiger partial charge on any atom is -0.253 e. The number of rotatable bonds is 4. The fraction of sp³-hybridized carbons (Fsp3) is 0.158. The summed E-state index contributed by atoms with van der Waals surface area (Å²) in [5.74, 6) is 0. The van der Waals surface area contributed by atoms with Crippen LogP contribution in [-0.4, -0.2) is 11.2 Å². The van der Waals surface area contributed by atoms with E-state index in [-0.39, 0.29) is 0 Å². The van der Waals surface area contributed by atoms with Gasteiger partial charge in [0.05, 0.1) is 11.9 Å². The molecule has 0 aliphatic rings. The van der Waals surface area contributed by atoms with Gasteiger partial charge in [0, 0.05) is 5.38 Å². The highest BCUT2D eigenvalue weighted by Gasteiger charge is 2.01. The Bertz CT molecular complexity index is 829. The molecular formula is C19H19N3S. The molecule has 0 saturated heterocycles. The second-order valence-electron chi connectivity index (χ2n) is 5.67. The summed E-state index contributed by atoms with van der Waals surface area (Å²) in [5.41, 5.74) is 10.0. The van der Waals surface area contributed by atoms with Crippen LogP contribution in [-0.2, 0) is 0 Å². The van der Waals surface area contributed by atoms with Gasteiger partial charge in [0.2, 0.25) is 5.13 Å². The minimum atomic E-state index is 0.809. The van der Waals surface area contributed by atoms with Crippen LogP contribution in [0, 0.1) is 20.8 Å². The van der Waals surface area contributed by atoms with Crippen molar-refractivity contribution in [3.63, 3.8) is 0 Å². The molecule has 0 radical (unpaired) electrons. The van der Waals surface area contributed by atoms with Gasteiger partial charge in [-0.15, -0.1) is 11.3 Å². The predicted molar refractivity (Wildman–Crippen MR) is 99.4 cm³/mol. The van der Waals surface area contributed by atoms with Crippen molar-refractivity contribution in [3.8, 4) is 11.1 Å². The predicted octanol–water partition coefficient (Wildman–Crippen LogP) is 5.18. The molecule has 116 valence electrons. The van der Waals surface area contributed by atoms with Gasteiger partial charge >= 0.3 is 0 Å². The SMILES string of the molecule is Cc1cc(C)cc(-c2cccc(C=NNc3nc(C)cs3)c2)c1. The van der Waals surface area contributed by atoms with Crippen LogP contribution in [0.1, 0.15) is 22.4 Å². The summed E-state index contributed by atoms with van der Waals surface area (Å²) in [5, 5.41) is 7.08. The zero-order valence-corrected chi connectivity index (χ0v) is 14.3. The van der Waals surface area contributed by atoms with E-state index in [4.69, 9.17) is 0 Å². The monoisotopic (exact) mass is 321 g/mol. The first-order chi connectivity index (χ1) is 11.1.